The van der Waals surface area contributed by atoms with Gasteiger partial charge in [-0.3, -0.25) is 34.1 Å². The van der Waals surface area contributed by atoms with Gasteiger partial charge in [-0.2, -0.15) is 0 Å². The Morgan fingerprint density at radius 1 is 1.00 bits per heavy atom. The first-order chi connectivity index (χ1) is 14.2. The topological polar surface area (TPSA) is 130 Å². The number of hydrogen-bond acceptors (Lipinski definition) is 6. The summed E-state index contributed by atoms with van der Waals surface area (Å²) in [6, 6.07) is 9.37. The van der Waals surface area contributed by atoms with E-state index in [1.54, 1.807) is 25.1 Å². The van der Waals surface area contributed by atoms with Crippen LogP contribution in [-0.2, 0) is 19.6 Å². The number of hydrogen-bond donors (Lipinski definition) is 2. The molecular weight excluding hydrogens is 410 g/mol. The Labute approximate surface area is 172 Å². The number of fused-ring (bicyclic) bond motifs is 1. The van der Waals surface area contributed by atoms with Gasteiger partial charge in [-0.05, 0) is 43.2 Å². The molecule has 2 aliphatic rings. The minimum absolute atomic E-state index is 0.00492. The van der Waals surface area contributed by atoms with Crippen molar-refractivity contribution in [3.05, 3.63) is 59.2 Å². The number of benzene rings is 2. The van der Waals surface area contributed by atoms with E-state index in [-0.39, 0.29) is 34.6 Å². The fourth-order valence-electron chi connectivity index (χ4n) is 3.60. The minimum Gasteiger partial charge on any atom is -0.295 e. The number of rotatable bonds is 4. The Bertz CT molecular complexity index is 1220. The Kier molecular flexibility index (Phi) is 4.65. The number of nitrogens with one attached hydrogen (secondary N) is 2. The SMILES string of the molecule is Cc1ccccc1S(=O)(=O)Nc1ccc2c(c1)C(=O)N(C1CCC(=O)NC1=O)C2=O. The van der Waals surface area contributed by atoms with Gasteiger partial charge in [0.2, 0.25) is 11.8 Å². The molecule has 0 spiro atoms. The van der Waals surface area contributed by atoms with E-state index in [1.807, 2.05) is 0 Å². The Hall–Kier alpha value is -3.53. The number of sulfonamides is 1. The third-order valence-electron chi connectivity index (χ3n) is 5.08. The average Bonchev–Trinajstić information content (AvgIpc) is 2.92. The normalized spacial score (nSPS) is 19.0. The second-order valence-corrected chi connectivity index (χ2v) is 8.73. The van der Waals surface area contributed by atoms with E-state index < -0.39 is 39.7 Å². The van der Waals surface area contributed by atoms with E-state index in [4.69, 9.17) is 0 Å². The van der Waals surface area contributed by atoms with Crippen LogP contribution in [0.2, 0.25) is 0 Å². The Morgan fingerprint density at radius 3 is 2.40 bits per heavy atom. The molecule has 0 aliphatic carbocycles. The first kappa shape index (κ1) is 19.8. The molecule has 30 heavy (non-hydrogen) atoms. The minimum atomic E-state index is -3.90. The summed E-state index contributed by atoms with van der Waals surface area (Å²) in [5, 5.41) is 2.12. The zero-order valence-electron chi connectivity index (χ0n) is 15.8. The summed E-state index contributed by atoms with van der Waals surface area (Å²) >= 11 is 0. The van der Waals surface area contributed by atoms with Crippen molar-refractivity contribution in [2.45, 2.75) is 30.7 Å². The maximum absolute atomic E-state index is 12.8. The van der Waals surface area contributed by atoms with E-state index in [9.17, 15) is 27.6 Å². The molecule has 2 heterocycles. The third kappa shape index (κ3) is 3.24. The Balaban J connectivity index is 1.63. The van der Waals surface area contributed by atoms with Crippen molar-refractivity contribution in [1.29, 1.82) is 0 Å². The number of nitrogens with zero attached hydrogens (tertiary/aromatic N) is 1. The van der Waals surface area contributed by atoms with Crippen molar-refractivity contribution >= 4 is 39.3 Å². The molecule has 2 aliphatic heterocycles. The van der Waals surface area contributed by atoms with Gasteiger partial charge in [0, 0.05) is 12.1 Å². The van der Waals surface area contributed by atoms with Crippen LogP contribution >= 0.6 is 0 Å². The van der Waals surface area contributed by atoms with Crippen LogP contribution in [-0.4, -0.2) is 43.0 Å². The highest BCUT2D eigenvalue weighted by Crippen LogP contribution is 2.30. The lowest BCUT2D eigenvalue weighted by molar-refractivity contribution is -0.136. The lowest BCUT2D eigenvalue weighted by atomic mass is 10.0. The van der Waals surface area contributed by atoms with Crippen molar-refractivity contribution in [1.82, 2.24) is 10.2 Å². The molecule has 1 unspecified atom stereocenters. The average molecular weight is 427 g/mol. The van der Waals surface area contributed by atoms with Gasteiger partial charge < -0.3 is 0 Å². The zero-order valence-corrected chi connectivity index (χ0v) is 16.7. The smallest absolute Gasteiger partial charge is 0.262 e. The molecule has 0 radical (unpaired) electrons. The summed E-state index contributed by atoms with van der Waals surface area (Å²) in [5.74, 6) is -2.53. The van der Waals surface area contributed by atoms with E-state index in [1.165, 1.54) is 24.3 Å². The second-order valence-electron chi connectivity index (χ2n) is 7.08. The quantitative estimate of drug-likeness (QED) is 0.705. The lowest BCUT2D eigenvalue weighted by Gasteiger charge is -2.27. The van der Waals surface area contributed by atoms with Crippen LogP contribution in [0.1, 0.15) is 39.1 Å². The van der Waals surface area contributed by atoms with Crippen LogP contribution in [0.25, 0.3) is 0 Å². The maximum atomic E-state index is 12.8. The van der Waals surface area contributed by atoms with Crippen molar-refractivity contribution < 1.29 is 27.6 Å². The third-order valence-corrected chi connectivity index (χ3v) is 6.62. The number of piperidine rings is 1. The number of anilines is 1. The summed E-state index contributed by atoms with van der Waals surface area (Å²) < 4.78 is 27.8. The second kappa shape index (κ2) is 7.06. The van der Waals surface area contributed by atoms with Crippen LogP contribution in [0.4, 0.5) is 5.69 Å². The molecule has 1 saturated heterocycles. The first-order valence-electron chi connectivity index (χ1n) is 9.13. The van der Waals surface area contributed by atoms with Crippen molar-refractivity contribution in [2.75, 3.05) is 4.72 Å². The highest BCUT2D eigenvalue weighted by Gasteiger charge is 2.44. The van der Waals surface area contributed by atoms with Gasteiger partial charge in [0.1, 0.15) is 6.04 Å². The molecule has 154 valence electrons. The van der Waals surface area contributed by atoms with Crippen LogP contribution in [0.15, 0.2) is 47.4 Å². The number of amides is 4. The van der Waals surface area contributed by atoms with E-state index in [0.717, 1.165) is 4.90 Å². The molecule has 2 N–H and O–H groups in total. The van der Waals surface area contributed by atoms with Crippen molar-refractivity contribution in [2.24, 2.45) is 0 Å². The number of carbonyl (C=O) groups excluding carboxylic acids is 4. The molecule has 1 fully saturated rings. The highest BCUT2D eigenvalue weighted by atomic mass is 32.2. The van der Waals surface area contributed by atoms with Gasteiger partial charge in [-0.25, -0.2) is 8.42 Å². The first-order valence-corrected chi connectivity index (χ1v) is 10.6. The highest BCUT2D eigenvalue weighted by molar-refractivity contribution is 7.92. The number of carbonyl (C=O) groups is 4. The van der Waals surface area contributed by atoms with Crippen molar-refractivity contribution in [3.63, 3.8) is 0 Å². The molecule has 1 atom stereocenters. The van der Waals surface area contributed by atoms with Gasteiger partial charge in [-0.15, -0.1) is 0 Å². The van der Waals surface area contributed by atoms with Gasteiger partial charge >= 0.3 is 0 Å². The molecule has 10 heteroatoms. The van der Waals surface area contributed by atoms with Gasteiger partial charge in [0.15, 0.2) is 0 Å². The largest absolute Gasteiger partial charge is 0.295 e. The van der Waals surface area contributed by atoms with Gasteiger partial charge in [0.05, 0.1) is 16.0 Å². The summed E-state index contributed by atoms with van der Waals surface area (Å²) in [6.07, 6.45) is 0.0637. The molecule has 0 aromatic heterocycles. The fourth-order valence-corrected chi connectivity index (χ4v) is 4.90. The molecule has 2 aromatic rings. The van der Waals surface area contributed by atoms with E-state index in [0.29, 0.717) is 5.56 Å². The summed E-state index contributed by atoms with van der Waals surface area (Å²) in [7, 11) is -3.90. The van der Waals surface area contributed by atoms with Gasteiger partial charge in [-0.1, -0.05) is 18.2 Å². The van der Waals surface area contributed by atoms with E-state index >= 15 is 0 Å². The predicted molar refractivity (Wildman–Crippen MR) is 105 cm³/mol. The standard InChI is InChI=1S/C20H17N3O6S/c1-11-4-2-3-5-16(11)30(28,29)22-12-6-7-13-14(10-12)20(27)23(19(13)26)15-8-9-17(24)21-18(15)25/h2-7,10,15,22H,8-9H2,1H3,(H,21,24,25). The fraction of sp³-hybridized carbons (Fsp3) is 0.200. The van der Waals surface area contributed by atoms with E-state index in [2.05, 4.69) is 10.0 Å². The van der Waals surface area contributed by atoms with Crippen LogP contribution in [0, 0.1) is 6.92 Å². The molecule has 0 bridgehead atoms. The summed E-state index contributed by atoms with van der Waals surface area (Å²) in [5.41, 5.74) is 0.739. The number of imide groups is 2. The van der Waals surface area contributed by atoms with Gasteiger partial charge in [0.25, 0.3) is 21.8 Å². The zero-order chi connectivity index (χ0) is 21.6. The molecule has 4 rings (SSSR count). The van der Waals surface area contributed by atoms with Crippen LogP contribution in [0.5, 0.6) is 0 Å². The summed E-state index contributed by atoms with van der Waals surface area (Å²) in [4.78, 5) is 49.9. The summed E-state index contributed by atoms with van der Waals surface area (Å²) in [6.45, 7) is 1.66. The molecule has 0 saturated carbocycles. The molecule has 9 nitrogen and oxygen atoms in total. The molecular formula is C20H17N3O6S. The van der Waals surface area contributed by atoms with Crippen LogP contribution in [0.3, 0.4) is 0 Å². The monoisotopic (exact) mass is 427 g/mol. The van der Waals surface area contributed by atoms with Crippen LogP contribution < -0.4 is 10.0 Å². The number of aryl methyl sites for hydroxylation is 1. The lowest BCUT2D eigenvalue weighted by Crippen LogP contribution is -2.54. The Morgan fingerprint density at radius 2 is 1.70 bits per heavy atom. The predicted octanol–water partition coefficient (Wildman–Crippen LogP) is 1.20. The molecule has 2 aromatic carbocycles. The molecule has 4 amide bonds. The van der Waals surface area contributed by atoms with Crippen molar-refractivity contribution in [3.8, 4) is 0 Å². The maximum Gasteiger partial charge on any atom is 0.262 e.